The van der Waals surface area contributed by atoms with Crippen LogP contribution in [0.15, 0.2) is 29.5 Å². The minimum absolute atomic E-state index is 0.0484. The van der Waals surface area contributed by atoms with Gasteiger partial charge in [-0.25, -0.2) is 9.98 Å². The van der Waals surface area contributed by atoms with E-state index in [1.165, 1.54) is 18.5 Å². The predicted molar refractivity (Wildman–Crippen MR) is 90.7 cm³/mol. The molecule has 25 heavy (non-hydrogen) atoms. The zero-order chi connectivity index (χ0) is 18.2. The lowest BCUT2D eigenvalue weighted by atomic mass is 10.2. The van der Waals surface area contributed by atoms with E-state index in [9.17, 15) is 8.78 Å². The van der Waals surface area contributed by atoms with Gasteiger partial charge in [0.05, 0.1) is 13.1 Å². The molecule has 0 aliphatic heterocycles. The van der Waals surface area contributed by atoms with E-state index in [-0.39, 0.29) is 12.3 Å². The van der Waals surface area contributed by atoms with Crippen molar-refractivity contribution in [3.63, 3.8) is 0 Å². The zero-order valence-electron chi connectivity index (χ0n) is 13.8. The van der Waals surface area contributed by atoms with Gasteiger partial charge in [-0.3, -0.25) is 4.68 Å². The summed E-state index contributed by atoms with van der Waals surface area (Å²) in [4.78, 5) is 8.49. The van der Waals surface area contributed by atoms with Crippen LogP contribution >= 0.6 is 11.6 Å². The predicted octanol–water partition coefficient (Wildman–Crippen LogP) is 2.33. The van der Waals surface area contributed by atoms with Crippen LogP contribution in [-0.2, 0) is 20.1 Å². The summed E-state index contributed by atoms with van der Waals surface area (Å²) in [5.74, 6) is 1.29. The second kappa shape index (κ2) is 9.16. The van der Waals surface area contributed by atoms with Gasteiger partial charge in [0.25, 0.3) is 0 Å². The van der Waals surface area contributed by atoms with Gasteiger partial charge in [-0.1, -0.05) is 11.6 Å². The Kier molecular flexibility index (Phi) is 6.93. The first-order chi connectivity index (χ1) is 12.0. The first kappa shape index (κ1) is 18.9. The Labute approximate surface area is 149 Å². The summed E-state index contributed by atoms with van der Waals surface area (Å²) in [6.07, 6.45) is 1.46. The lowest BCUT2D eigenvalue weighted by Gasteiger charge is -2.13. The van der Waals surface area contributed by atoms with Crippen LogP contribution in [0.5, 0.6) is 5.75 Å². The van der Waals surface area contributed by atoms with Crippen LogP contribution in [0, 0.1) is 0 Å². The van der Waals surface area contributed by atoms with Gasteiger partial charge in [-0.15, -0.1) is 0 Å². The molecule has 2 rings (SSSR count). The molecule has 0 spiro atoms. The average molecular weight is 373 g/mol. The number of halogens is 3. The van der Waals surface area contributed by atoms with Gasteiger partial charge in [-0.2, -0.15) is 13.9 Å². The molecule has 2 aromatic rings. The molecule has 0 aliphatic carbocycles. The second-order valence-electron chi connectivity index (χ2n) is 4.98. The van der Waals surface area contributed by atoms with Crippen LogP contribution in [0.25, 0.3) is 0 Å². The summed E-state index contributed by atoms with van der Waals surface area (Å²) in [6, 6.07) is 4.44. The quantitative estimate of drug-likeness (QED) is 0.576. The molecular weight excluding hydrogens is 354 g/mol. The number of rotatable bonds is 7. The molecule has 0 aliphatic rings. The fourth-order valence-electron chi connectivity index (χ4n) is 2.03. The third kappa shape index (κ3) is 5.86. The minimum Gasteiger partial charge on any atom is -0.434 e. The Hall–Kier alpha value is -2.42. The van der Waals surface area contributed by atoms with Crippen LogP contribution < -0.4 is 15.4 Å². The molecule has 0 saturated heterocycles. The van der Waals surface area contributed by atoms with E-state index in [2.05, 4.69) is 30.4 Å². The number of aliphatic imine (C=N–C) groups is 1. The van der Waals surface area contributed by atoms with Crippen LogP contribution in [0.2, 0.25) is 5.02 Å². The van der Waals surface area contributed by atoms with Gasteiger partial charge in [0.1, 0.15) is 17.9 Å². The maximum atomic E-state index is 12.5. The van der Waals surface area contributed by atoms with E-state index >= 15 is 0 Å². The monoisotopic (exact) mass is 372 g/mol. The minimum atomic E-state index is -2.91. The average Bonchev–Trinajstić information content (AvgIpc) is 2.97. The van der Waals surface area contributed by atoms with Crippen LogP contribution in [0.1, 0.15) is 18.3 Å². The summed E-state index contributed by atoms with van der Waals surface area (Å²) in [6.45, 7) is 0.186. The van der Waals surface area contributed by atoms with E-state index in [1.807, 2.05) is 6.92 Å². The zero-order valence-corrected chi connectivity index (χ0v) is 14.6. The fourth-order valence-corrected chi connectivity index (χ4v) is 2.23. The van der Waals surface area contributed by atoms with Crippen molar-refractivity contribution in [2.45, 2.75) is 26.6 Å². The first-order valence-electron chi connectivity index (χ1n) is 7.58. The molecular formula is C15H19ClF2N6O. The van der Waals surface area contributed by atoms with Gasteiger partial charge in [0.2, 0.25) is 0 Å². The van der Waals surface area contributed by atoms with Gasteiger partial charge in [-0.05, 0) is 25.1 Å². The van der Waals surface area contributed by atoms with E-state index in [1.54, 1.807) is 17.8 Å². The molecule has 0 amide bonds. The number of hydrogen-bond donors (Lipinski definition) is 2. The molecule has 0 unspecified atom stereocenters. The van der Waals surface area contributed by atoms with Crippen molar-refractivity contribution in [1.29, 1.82) is 0 Å². The number of nitrogens with one attached hydrogen (secondary N) is 2. The van der Waals surface area contributed by atoms with E-state index in [0.29, 0.717) is 29.6 Å². The van der Waals surface area contributed by atoms with E-state index < -0.39 is 6.61 Å². The molecule has 136 valence electrons. The molecule has 10 heteroatoms. The smallest absolute Gasteiger partial charge is 0.387 e. The summed E-state index contributed by atoms with van der Waals surface area (Å²) < 4.78 is 31.2. The third-order valence-corrected chi connectivity index (χ3v) is 3.44. The summed E-state index contributed by atoms with van der Waals surface area (Å²) in [5.41, 5.74) is 0.462. The maximum absolute atomic E-state index is 12.5. The summed E-state index contributed by atoms with van der Waals surface area (Å²) in [7, 11) is 1.79. The number of aromatic nitrogens is 3. The Balaban J connectivity index is 2.09. The molecule has 1 aromatic heterocycles. The van der Waals surface area contributed by atoms with Crippen molar-refractivity contribution in [3.8, 4) is 5.75 Å². The van der Waals surface area contributed by atoms with Crippen molar-refractivity contribution < 1.29 is 13.5 Å². The largest absolute Gasteiger partial charge is 0.434 e. The van der Waals surface area contributed by atoms with Crippen molar-refractivity contribution in [3.05, 3.63) is 40.9 Å². The highest BCUT2D eigenvalue weighted by atomic mass is 35.5. The van der Waals surface area contributed by atoms with E-state index in [0.717, 1.165) is 5.82 Å². The second-order valence-corrected chi connectivity index (χ2v) is 5.42. The number of hydrogen-bond acceptors (Lipinski definition) is 4. The van der Waals surface area contributed by atoms with Crippen molar-refractivity contribution in [1.82, 2.24) is 25.4 Å². The SMILES string of the molecule is CCNC(=NCc1cc(Cl)ccc1OC(F)F)NCc1ncnn1C. The number of alkyl halides is 2. The van der Waals surface area contributed by atoms with Crippen molar-refractivity contribution >= 4 is 17.6 Å². The number of guanidine groups is 1. The highest BCUT2D eigenvalue weighted by Gasteiger charge is 2.10. The Bertz CT molecular complexity index is 722. The number of benzene rings is 1. The molecule has 1 aromatic carbocycles. The van der Waals surface area contributed by atoms with Crippen molar-refractivity contribution in [2.24, 2.45) is 12.0 Å². The fraction of sp³-hybridized carbons (Fsp3) is 0.400. The molecule has 0 bridgehead atoms. The molecule has 0 fully saturated rings. The third-order valence-electron chi connectivity index (χ3n) is 3.21. The van der Waals surface area contributed by atoms with Crippen LogP contribution in [0.4, 0.5) is 8.78 Å². The lowest BCUT2D eigenvalue weighted by molar-refractivity contribution is -0.0504. The molecule has 1 heterocycles. The Morgan fingerprint density at radius 1 is 1.40 bits per heavy atom. The molecule has 0 radical (unpaired) electrons. The van der Waals surface area contributed by atoms with Crippen LogP contribution in [-0.4, -0.2) is 33.9 Å². The van der Waals surface area contributed by atoms with Gasteiger partial charge >= 0.3 is 6.61 Å². The van der Waals surface area contributed by atoms with Gasteiger partial charge < -0.3 is 15.4 Å². The molecule has 0 atom stereocenters. The standard InChI is InChI=1S/C15H19ClF2N6O/c1-3-19-15(21-8-13-22-9-23-24(13)2)20-7-10-6-11(16)4-5-12(10)25-14(17)18/h4-6,9,14H,3,7-8H2,1-2H3,(H2,19,20,21). The summed E-state index contributed by atoms with van der Waals surface area (Å²) in [5, 5.41) is 10.6. The van der Waals surface area contributed by atoms with E-state index in [4.69, 9.17) is 11.6 Å². The summed E-state index contributed by atoms with van der Waals surface area (Å²) >= 11 is 5.94. The Morgan fingerprint density at radius 3 is 2.84 bits per heavy atom. The van der Waals surface area contributed by atoms with Gasteiger partial charge in [0.15, 0.2) is 5.96 Å². The topological polar surface area (TPSA) is 76.4 Å². The lowest BCUT2D eigenvalue weighted by Crippen LogP contribution is -2.37. The maximum Gasteiger partial charge on any atom is 0.387 e. The van der Waals surface area contributed by atoms with Gasteiger partial charge in [0, 0.05) is 24.2 Å². The van der Waals surface area contributed by atoms with Crippen LogP contribution in [0.3, 0.4) is 0 Å². The Morgan fingerprint density at radius 2 is 2.20 bits per heavy atom. The number of ether oxygens (including phenoxy) is 1. The molecule has 2 N–H and O–H groups in total. The van der Waals surface area contributed by atoms with Crippen molar-refractivity contribution in [2.75, 3.05) is 6.54 Å². The first-order valence-corrected chi connectivity index (χ1v) is 7.95. The molecule has 0 saturated carbocycles. The normalized spacial score (nSPS) is 11.7. The highest BCUT2D eigenvalue weighted by molar-refractivity contribution is 6.30. The molecule has 7 nitrogen and oxygen atoms in total. The number of nitrogens with zero attached hydrogens (tertiary/aromatic N) is 4. The number of aryl methyl sites for hydroxylation is 1. The highest BCUT2D eigenvalue weighted by Crippen LogP contribution is 2.25.